The van der Waals surface area contributed by atoms with E-state index in [1.54, 1.807) is 48.5 Å². The number of amidine groups is 1. The number of benzene rings is 7. The molecule has 0 fully saturated rings. The van der Waals surface area contributed by atoms with Gasteiger partial charge in [-0.2, -0.15) is 5.26 Å². The Kier molecular flexibility index (Phi) is 31.0. The molecule has 14 heteroatoms. The van der Waals surface area contributed by atoms with Gasteiger partial charge < -0.3 is 19.5 Å². The molecule has 0 N–H and O–H groups in total. The fourth-order valence-corrected chi connectivity index (χ4v) is 12.9. The van der Waals surface area contributed by atoms with Crippen molar-refractivity contribution in [1.29, 1.82) is 15.8 Å². The Hall–Kier alpha value is -11.4. The summed E-state index contributed by atoms with van der Waals surface area (Å²) in [6, 6.07) is 58.6. The van der Waals surface area contributed by atoms with Crippen molar-refractivity contribution in [2.45, 2.75) is 133 Å². The highest BCUT2D eigenvalue weighted by Gasteiger charge is 2.22. The maximum absolute atomic E-state index is 10.4. The van der Waals surface area contributed by atoms with E-state index in [0.29, 0.717) is 45.6 Å². The molecule has 8 rings (SSSR count). The van der Waals surface area contributed by atoms with Gasteiger partial charge in [0.2, 0.25) is 0 Å². The first kappa shape index (κ1) is 79.4. The molecule has 0 aromatic heterocycles. The lowest BCUT2D eigenvalue weighted by molar-refractivity contribution is -0.527. The molecular formula is C91H93Cl2N12+. The van der Waals surface area contributed by atoms with Crippen LogP contribution in [-0.2, 0) is 13.1 Å². The Morgan fingerprint density at radius 1 is 0.467 bits per heavy atom. The Balaban J connectivity index is 1.15. The molecular weight excluding hydrogens is 1330 g/mol. The van der Waals surface area contributed by atoms with E-state index in [4.69, 9.17) is 52.9 Å². The number of aliphatic imine (C=N–C) groups is 2. The fraction of sp³-hybridized carbons (Fsp3) is 0.286. The van der Waals surface area contributed by atoms with Crippen LogP contribution in [0, 0.1) is 67.6 Å². The minimum atomic E-state index is -0.226. The molecule has 105 heavy (non-hydrogen) atoms. The van der Waals surface area contributed by atoms with E-state index in [-0.39, 0.29) is 34.1 Å². The Morgan fingerprint density at radius 2 is 0.905 bits per heavy atom. The lowest BCUT2D eigenvalue weighted by Crippen LogP contribution is -2.25. The van der Waals surface area contributed by atoms with E-state index in [9.17, 15) is 15.8 Å². The van der Waals surface area contributed by atoms with Gasteiger partial charge in [-0.15, -0.1) is 4.99 Å². The highest BCUT2D eigenvalue weighted by molar-refractivity contribution is 6.34. The average molecular weight is 1430 g/mol. The van der Waals surface area contributed by atoms with Gasteiger partial charge in [0.1, 0.15) is 24.9 Å². The van der Waals surface area contributed by atoms with Crippen LogP contribution in [0.4, 0.5) is 28.4 Å². The minimum Gasteiger partial charge on any atom is -0.372 e. The molecule has 0 aliphatic heterocycles. The van der Waals surface area contributed by atoms with Crippen molar-refractivity contribution in [3.8, 4) is 18.2 Å². The molecule has 530 valence electrons. The van der Waals surface area contributed by atoms with Crippen LogP contribution in [0.3, 0.4) is 0 Å². The van der Waals surface area contributed by atoms with Gasteiger partial charge in [-0.3, -0.25) is 0 Å². The van der Waals surface area contributed by atoms with E-state index in [2.05, 4.69) is 209 Å². The van der Waals surface area contributed by atoms with Crippen molar-refractivity contribution in [2.24, 2.45) is 9.98 Å². The summed E-state index contributed by atoms with van der Waals surface area (Å²) >= 11 is 12.4. The highest BCUT2D eigenvalue weighted by Crippen LogP contribution is 2.35. The van der Waals surface area contributed by atoms with E-state index < -0.39 is 0 Å². The van der Waals surface area contributed by atoms with Crippen LogP contribution in [0.1, 0.15) is 156 Å². The zero-order chi connectivity index (χ0) is 75.0. The van der Waals surface area contributed by atoms with Gasteiger partial charge >= 0.3 is 0 Å². The molecule has 1 aliphatic rings. The summed E-state index contributed by atoms with van der Waals surface area (Å²) in [5, 5.41) is 31.4. The van der Waals surface area contributed by atoms with E-state index in [0.717, 1.165) is 171 Å². The first-order valence-corrected chi connectivity index (χ1v) is 37.3. The summed E-state index contributed by atoms with van der Waals surface area (Å²) < 4.78 is 2.53. The van der Waals surface area contributed by atoms with Crippen molar-refractivity contribution >= 4 is 91.2 Å². The number of halogens is 2. The number of allylic oxidation sites excluding steroid dienone is 12. The molecule has 7 aromatic rings. The van der Waals surface area contributed by atoms with Crippen molar-refractivity contribution in [2.75, 3.05) is 54.0 Å². The summed E-state index contributed by atoms with van der Waals surface area (Å²) in [6.07, 6.45) is 26.8. The van der Waals surface area contributed by atoms with Crippen LogP contribution in [0.5, 0.6) is 0 Å². The molecule has 0 saturated heterocycles. The van der Waals surface area contributed by atoms with Crippen LogP contribution in [-0.4, -0.2) is 61.1 Å². The van der Waals surface area contributed by atoms with Gasteiger partial charge in [0.05, 0.1) is 31.0 Å². The summed E-state index contributed by atoms with van der Waals surface area (Å²) in [6.45, 7) is 47.9. The van der Waals surface area contributed by atoms with Gasteiger partial charge in [0.25, 0.3) is 17.2 Å². The smallest absolute Gasteiger partial charge is 0.272 e. The summed E-state index contributed by atoms with van der Waals surface area (Å²) in [5.74, 6) is -0.0452. The first-order valence-electron chi connectivity index (χ1n) is 36.6. The molecule has 0 saturated carbocycles. The zero-order valence-corrected chi connectivity index (χ0v) is 63.4. The Morgan fingerprint density at radius 3 is 1.34 bits per heavy atom. The average Bonchev–Trinajstić information content (AvgIpc) is 0.825. The van der Waals surface area contributed by atoms with Gasteiger partial charge in [0, 0.05) is 108 Å². The largest absolute Gasteiger partial charge is 0.372 e. The number of nitrogens with zero attached hydrogens (tertiary/aromatic N) is 12. The monoisotopic (exact) mass is 1420 g/mol. The molecule has 7 aromatic carbocycles. The first-order chi connectivity index (χ1) is 51.2. The third-order valence-electron chi connectivity index (χ3n) is 18.4. The molecule has 0 atom stereocenters. The lowest BCUT2D eigenvalue weighted by atomic mass is 9.93. The maximum atomic E-state index is 10.4. The topological polar surface area (TPSA) is 122 Å². The van der Waals surface area contributed by atoms with Gasteiger partial charge in [-0.25, -0.2) is 29.8 Å². The van der Waals surface area contributed by atoms with Gasteiger partial charge in [0.15, 0.2) is 11.4 Å². The van der Waals surface area contributed by atoms with Gasteiger partial charge in [-0.05, 0) is 186 Å². The SMILES string of the molecule is [C-]#[N+]C(=Nc1ccc(N(CCC)Cc2ccc(/C(=C/C=C/C(=C3C=CC(=[N+](CCCC)CCCC)C=C3)c3ccc(CN(CCC)c4ccc(N=C(C#N)/C(=C(/C#N)[N+]#[C-])c5ccc(Cl)cc5)c(C)c4)cc3)c3ccc(N(CCCC)CCCC)cc3)cc2)cc1C)/C(=C(\C#N)[N+]#[C-])c1ccc(Cl)cc1. The molecule has 0 spiro atoms. The van der Waals surface area contributed by atoms with E-state index in [1.165, 1.54) is 11.4 Å². The molecule has 1 aliphatic carbocycles. The number of aryl methyl sites for hydroxylation is 2. The van der Waals surface area contributed by atoms with Crippen LogP contribution >= 0.6 is 23.2 Å². The molecule has 0 heterocycles. The van der Waals surface area contributed by atoms with Crippen molar-refractivity contribution in [3.05, 3.63) is 312 Å². The second-order valence-electron chi connectivity index (χ2n) is 26.0. The third kappa shape index (κ3) is 21.9. The number of unbranched alkanes of at least 4 members (excludes halogenated alkanes) is 4. The number of hydrogen-bond acceptors (Lipinski definition) is 8. The maximum Gasteiger partial charge on any atom is 0.272 e. The third-order valence-corrected chi connectivity index (χ3v) is 18.9. The molecule has 12 nitrogen and oxygen atoms in total. The summed E-state index contributed by atoms with van der Waals surface area (Å²) in [7, 11) is 0. The molecule has 0 amide bonds. The quantitative estimate of drug-likeness (QED) is 0.00989. The number of nitriles is 3. The Labute approximate surface area is 634 Å². The van der Waals surface area contributed by atoms with Crippen molar-refractivity contribution in [3.63, 3.8) is 0 Å². The van der Waals surface area contributed by atoms with E-state index in [1.807, 2.05) is 50.3 Å². The van der Waals surface area contributed by atoms with Crippen LogP contribution in [0.15, 0.2) is 227 Å². The van der Waals surface area contributed by atoms with E-state index >= 15 is 0 Å². The van der Waals surface area contributed by atoms with Crippen molar-refractivity contribution in [1.82, 2.24) is 0 Å². The number of anilines is 3. The standard InChI is InChI=1S/C91H93Cl2N12/c1-12-18-55-102(56-19-13-2)78-45-37-72(38-46-78)82(70-29-25-68(26-30-70)64-104(53-16-5)80-49-51-84(66(7)59-80)100-88(63-96)89(86(61-94)97-9)74-33-41-76(92)42-34-74)23-22-24-83(73-39-47-79(48-40-73)103(57-20-14-3)58-21-15-4)71-31-27-69(28-32-71)65-105(54-17-6)81-50-52-85(67(8)60-81)101-91(99-11)90(87(62-95)98-10)75-35-43-77(93)44-36-75/h22-52,59-60H,12-21,53-58,64-65H2,1-8H3/q+1/b89-86-,90-87+,100-88?,101-91?. The van der Waals surface area contributed by atoms with Crippen LogP contribution in [0.2, 0.25) is 10.0 Å². The Bertz CT molecular complexity index is 4700. The number of rotatable bonds is 34. The molecule has 0 bridgehead atoms. The molecule has 0 unspecified atom stereocenters. The minimum absolute atomic E-state index is 0.0309. The summed E-state index contributed by atoms with van der Waals surface area (Å²) in [4.78, 5) is 27.5. The summed E-state index contributed by atoms with van der Waals surface area (Å²) in [5.41, 5.74) is 17.1. The predicted octanol–water partition coefficient (Wildman–Crippen LogP) is 23.7. The van der Waals surface area contributed by atoms with Gasteiger partial charge in [-0.1, -0.05) is 200 Å². The van der Waals surface area contributed by atoms with Crippen LogP contribution in [0.25, 0.3) is 36.8 Å². The lowest BCUT2D eigenvalue weighted by Gasteiger charge is -2.25. The normalized spacial score (nSPS) is 12.7. The fourth-order valence-electron chi connectivity index (χ4n) is 12.7. The zero-order valence-electron chi connectivity index (χ0n) is 61.9. The number of hydrogen-bond donors (Lipinski definition) is 0. The molecule has 0 radical (unpaired) electrons. The predicted molar refractivity (Wildman–Crippen MR) is 440 cm³/mol. The second-order valence-corrected chi connectivity index (χ2v) is 26.9. The second kappa shape index (κ2) is 41.1. The van der Waals surface area contributed by atoms with Crippen LogP contribution < -0.4 is 14.7 Å². The highest BCUT2D eigenvalue weighted by atomic mass is 35.5. The van der Waals surface area contributed by atoms with Crippen molar-refractivity contribution < 1.29 is 4.58 Å².